The van der Waals surface area contributed by atoms with E-state index in [0.717, 1.165) is 69.7 Å². The van der Waals surface area contributed by atoms with Crippen LogP contribution >= 0.6 is 0 Å². The fraction of sp³-hybridized carbons (Fsp3) is 0.453. The molecule has 0 bridgehead atoms. The van der Waals surface area contributed by atoms with Gasteiger partial charge in [0.2, 0.25) is 0 Å². The number of esters is 6. The monoisotopic (exact) mass is 937 g/mol. The van der Waals surface area contributed by atoms with Crippen LogP contribution in [0.2, 0.25) is 0 Å². The van der Waals surface area contributed by atoms with E-state index in [0.29, 0.717) is 101 Å². The molecule has 0 aliphatic heterocycles. The second kappa shape index (κ2) is 28.4. The van der Waals surface area contributed by atoms with Crippen molar-refractivity contribution in [2.75, 3.05) is 26.4 Å². The maximum atomic E-state index is 13.2. The van der Waals surface area contributed by atoms with Gasteiger partial charge in [0.25, 0.3) is 0 Å². The van der Waals surface area contributed by atoms with Crippen LogP contribution in [0.4, 0.5) is 0 Å². The lowest BCUT2D eigenvalue weighted by atomic mass is 9.87. The Morgan fingerprint density at radius 3 is 1.38 bits per heavy atom. The molecule has 0 heterocycles. The van der Waals surface area contributed by atoms with E-state index in [9.17, 15) is 28.8 Å². The molecule has 2 fully saturated rings. The van der Waals surface area contributed by atoms with Gasteiger partial charge in [-0.2, -0.15) is 0 Å². The van der Waals surface area contributed by atoms with Gasteiger partial charge in [0, 0.05) is 23.9 Å². The van der Waals surface area contributed by atoms with E-state index < -0.39 is 41.9 Å². The molecule has 0 spiro atoms. The van der Waals surface area contributed by atoms with E-state index in [1.54, 1.807) is 48.5 Å². The molecule has 0 amide bonds. The van der Waals surface area contributed by atoms with Crippen LogP contribution in [0.25, 0.3) is 0 Å². The van der Waals surface area contributed by atoms with E-state index in [-0.39, 0.29) is 34.9 Å². The number of unbranched alkanes of at least 4 members (excludes halogenated alkanes) is 6. The summed E-state index contributed by atoms with van der Waals surface area (Å²) < 4.78 is 44.3. The molecule has 2 aliphatic carbocycles. The van der Waals surface area contributed by atoms with Crippen molar-refractivity contribution in [3.05, 3.63) is 109 Å². The molecule has 0 atom stereocenters. The Labute approximate surface area is 397 Å². The Bertz CT molecular complexity index is 2150. The van der Waals surface area contributed by atoms with Crippen LogP contribution in [0.1, 0.15) is 129 Å². The van der Waals surface area contributed by atoms with E-state index in [4.69, 9.17) is 43.3 Å². The summed E-state index contributed by atoms with van der Waals surface area (Å²) in [4.78, 5) is 74.3. The first kappa shape index (κ1) is 52.2. The SMILES string of the molecule is C=CC(=O)OCCCCCCOc1ccc(OC(=O)[C@H]2CC[C@H](OC(=O)c3ccc(OC(=O)[C@H]4CC[C@H](OC(=O)c5ccc(OCCCCCCOC(=O)C=C)cc5)CC4)cc3C=N)CC2)cc1. The van der Waals surface area contributed by atoms with Crippen molar-refractivity contribution in [3.63, 3.8) is 0 Å². The van der Waals surface area contributed by atoms with Gasteiger partial charge in [0.15, 0.2) is 0 Å². The third kappa shape index (κ3) is 17.8. The number of hydrogen-bond acceptors (Lipinski definition) is 15. The Balaban J connectivity index is 0.948. The molecule has 3 aromatic carbocycles. The third-order valence-corrected chi connectivity index (χ3v) is 11.7. The zero-order valence-corrected chi connectivity index (χ0v) is 38.7. The molecule has 0 radical (unpaired) electrons. The van der Waals surface area contributed by atoms with Crippen molar-refractivity contribution in [1.29, 1.82) is 5.41 Å². The molecule has 15 heteroatoms. The lowest BCUT2D eigenvalue weighted by Gasteiger charge is -2.27. The molecule has 0 aromatic heterocycles. The average molecular weight is 938 g/mol. The summed E-state index contributed by atoms with van der Waals surface area (Å²) in [6.45, 7) is 8.55. The maximum absolute atomic E-state index is 13.2. The highest BCUT2D eigenvalue weighted by atomic mass is 16.6. The lowest BCUT2D eigenvalue weighted by molar-refractivity contribution is -0.141. The van der Waals surface area contributed by atoms with E-state index >= 15 is 0 Å². The first-order valence-electron chi connectivity index (χ1n) is 23.6. The predicted molar refractivity (Wildman–Crippen MR) is 251 cm³/mol. The highest BCUT2D eigenvalue weighted by Gasteiger charge is 2.32. The fourth-order valence-corrected chi connectivity index (χ4v) is 7.83. The molecule has 15 nitrogen and oxygen atoms in total. The summed E-state index contributed by atoms with van der Waals surface area (Å²) in [6, 6.07) is 18.1. The number of nitrogens with one attached hydrogen (secondary N) is 1. The van der Waals surface area contributed by atoms with Gasteiger partial charge in [0.05, 0.1) is 49.4 Å². The van der Waals surface area contributed by atoms with Gasteiger partial charge in [-0.3, -0.25) is 9.59 Å². The van der Waals surface area contributed by atoms with E-state index in [1.165, 1.54) is 18.2 Å². The molecule has 0 unspecified atom stereocenters. The normalized spacial score (nSPS) is 17.6. The summed E-state index contributed by atoms with van der Waals surface area (Å²) in [5, 5.41) is 7.95. The van der Waals surface area contributed by atoms with Crippen molar-refractivity contribution in [3.8, 4) is 23.0 Å². The Morgan fingerprint density at radius 2 is 0.912 bits per heavy atom. The van der Waals surface area contributed by atoms with Gasteiger partial charge in [-0.1, -0.05) is 13.2 Å². The predicted octanol–water partition coefficient (Wildman–Crippen LogP) is 9.66. The standard InChI is InChI=1S/C53H63NO14/c1-3-48(55)63-33-11-7-5-9-31-61-41-19-13-37(14-20-41)50(57)65-43-21-15-39(16-22-43)52(59)68-46-29-30-47(40(35-46)36-54)53(60)67-44-23-17-38(18-24-44)51(58)66-45-27-25-42(26-28-45)62-32-10-6-8-12-34-64-49(56)4-2/h3-4,13-14,19-20,25-30,35-36,38-39,43-44,54H,1-2,5-12,15-18,21-24,31-34H2/t38-,39-,43-,44-. The summed E-state index contributed by atoms with van der Waals surface area (Å²) >= 11 is 0. The van der Waals surface area contributed by atoms with Crippen LogP contribution in [0.15, 0.2) is 92.0 Å². The van der Waals surface area contributed by atoms with Crippen LogP contribution in [-0.2, 0) is 38.1 Å². The van der Waals surface area contributed by atoms with Crippen molar-refractivity contribution in [2.24, 2.45) is 11.8 Å². The summed E-state index contributed by atoms with van der Waals surface area (Å²) in [6.07, 6.45) is 13.4. The number of rotatable bonds is 27. The van der Waals surface area contributed by atoms with E-state index in [2.05, 4.69) is 13.2 Å². The molecule has 68 heavy (non-hydrogen) atoms. The van der Waals surface area contributed by atoms with Gasteiger partial charge < -0.3 is 43.3 Å². The van der Waals surface area contributed by atoms with Crippen molar-refractivity contribution < 1.29 is 66.7 Å². The van der Waals surface area contributed by atoms with Gasteiger partial charge in [-0.15, -0.1) is 0 Å². The van der Waals surface area contributed by atoms with Crippen LogP contribution in [0.3, 0.4) is 0 Å². The van der Waals surface area contributed by atoms with Gasteiger partial charge >= 0.3 is 35.8 Å². The maximum Gasteiger partial charge on any atom is 0.339 e. The van der Waals surface area contributed by atoms with Crippen molar-refractivity contribution >= 4 is 42.0 Å². The van der Waals surface area contributed by atoms with E-state index in [1.807, 2.05) is 0 Å². The number of hydrogen-bond donors (Lipinski definition) is 1. The highest BCUT2D eigenvalue weighted by Crippen LogP contribution is 2.32. The summed E-state index contributed by atoms with van der Waals surface area (Å²) in [5.41, 5.74) is 0.806. The lowest BCUT2D eigenvalue weighted by Crippen LogP contribution is -2.30. The topological polar surface area (TPSA) is 200 Å². The Morgan fingerprint density at radius 1 is 0.500 bits per heavy atom. The smallest absolute Gasteiger partial charge is 0.339 e. The number of carbonyl (C=O) groups excluding carboxylic acids is 6. The van der Waals surface area contributed by atoms with Gasteiger partial charge in [0.1, 0.15) is 35.2 Å². The molecular weight excluding hydrogens is 875 g/mol. The molecular formula is C53H63NO14. The summed E-state index contributed by atoms with van der Waals surface area (Å²) in [5.74, 6) is -1.48. The quantitative estimate of drug-likeness (QED) is 0.0189. The first-order valence-corrected chi connectivity index (χ1v) is 23.6. The molecule has 3 aromatic rings. The molecule has 364 valence electrons. The first-order chi connectivity index (χ1) is 33.0. The van der Waals surface area contributed by atoms with Crippen LogP contribution < -0.4 is 18.9 Å². The molecule has 2 aliphatic rings. The average Bonchev–Trinajstić information content (AvgIpc) is 3.36. The van der Waals surface area contributed by atoms with Gasteiger partial charge in [-0.05, 0) is 169 Å². The minimum absolute atomic E-state index is 0.163. The fourth-order valence-electron chi connectivity index (χ4n) is 7.83. The zero-order chi connectivity index (χ0) is 48.5. The number of carbonyl (C=O) groups is 6. The summed E-state index contributed by atoms with van der Waals surface area (Å²) in [7, 11) is 0. The third-order valence-electron chi connectivity index (χ3n) is 11.7. The second-order valence-electron chi connectivity index (χ2n) is 16.8. The Hall–Kier alpha value is -6.77. The molecule has 5 rings (SSSR count). The number of benzene rings is 3. The minimum atomic E-state index is -0.608. The molecule has 1 N–H and O–H groups in total. The van der Waals surface area contributed by atoms with Crippen molar-refractivity contribution in [1.82, 2.24) is 0 Å². The van der Waals surface area contributed by atoms with Gasteiger partial charge in [-0.25, -0.2) is 19.2 Å². The van der Waals surface area contributed by atoms with Crippen LogP contribution in [0, 0.1) is 17.2 Å². The molecule has 2 saturated carbocycles. The largest absolute Gasteiger partial charge is 0.494 e. The van der Waals surface area contributed by atoms with Crippen molar-refractivity contribution in [2.45, 2.75) is 115 Å². The van der Waals surface area contributed by atoms with Crippen LogP contribution in [-0.4, -0.2) is 80.7 Å². The highest BCUT2D eigenvalue weighted by molar-refractivity contribution is 5.99. The second-order valence-corrected chi connectivity index (χ2v) is 16.8. The number of ether oxygens (including phenoxy) is 8. The minimum Gasteiger partial charge on any atom is -0.494 e. The molecule has 0 saturated heterocycles. The van der Waals surface area contributed by atoms with Crippen LogP contribution in [0.5, 0.6) is 23.0 Å². The zero-order valence-electron chi connectivity index (χ0n) is 38.7. The Kier molecular flexibility index (Phi) is 21.8.